The quantitative estimate of drug-likeness (QED) is 0.854. The van der Waals surface area contributed by atoms with Crippen LogP contribution in [0.3, 0.4) is 0 Å². The van der Waals surface area contributed by atoms with Gasteiger partial charge in [0.2, 0.25) is 0 Å². The van der Waals surface area contributed by atoms with Crippen molar-refractivity contribution in [2.75, 3.05) is 5.32 Å². The van der Waals surface area contributed by atoms with Crippen molar-refractivity contribution in [3.05, 3.63) is 53.9 Å². The lowest BCUT2D eigenvalue weighted by atomic mass is 10.2. The third kappa shape index (κ3) is 3.09. The molecular weight excluding hydrogens is 234 g/mol. The molecule has 4 heteroatoms. The van der Waals surface area contributed by atoms with Gasteiger partial charge in [0.15, 0.2) is 11.6 Å². The molecule has 0 aliphatic heterocycles. The van der Waals surface area contributed by atoms with E-state index in [1.165, 1.54) is 12.1 Å². The van der Waals surface area contributed by atoms with Gasteiger partial charge >= 0.3 is 0 Å². The molecule has 1 heterocycles. The minimum atomic E-state index is -0.830. The molecule has 2 nitrogen and oxygen atoms in total. The SMILES string of the molecule is CCCn1ccc(CNc2ccc(F)c(F)c2)c1. The van der Waals surface area contributed by atoms with E-state index in [1.54, 1.807) is 0 Å². The lowest BCUT2D eigenvalue weighted by molar-refractivity contribution is 0.509. The molecule has 0 saturated carbocycles. The fourth-order valence-corrected chi connectivity index (χ4v) is 1.80. The lowest BCUT2D eigenvalue weighted by Gasteiger charge is -2.05. The van der Waals surface area contributed by atoms with Gasteiger partial charge < -0.3 is 9.88 Å². The van der Waals surface area contributed by atoms with Gasteiger partial charge in [0.05, 0.1) is 0 Å². The molecule has 96 valence electrons. The first-order chi connectivity index (χ1) is 8.69. The Morgan fingerprint density at radius 2 is 2.00 bits per heavy atom. The van der Waals surface area contributed by atoms with Crippen molar-refractivity contribution in [1.29, 1.82) is 0 Å². The second-order valence-electron chi connectivity index (χ2n) is 4.24. The van der Waals surface area contributed by atoms with Crippen molar-refractivity contribution in [3.8, 4) is 0 Å². The predicted octanol–water partition coefficient (Wildman–Crippen LogP) is 3.79. The topological polar surface area (TPSA) is 17.0 Å². The zero-order valence-corrected chi connectivity index (χ0v) is 10.3. The summed E-state index contributed by atoms with van der Waals surface area (Å²) in [6.45, 7) is 3.71. The van der Waals surface area contributed by atoms with E-state index in [2.05, 4.69) is 23.0 Å². The molecule has 0 amide bonds. The van der Waals surface area contributed by atoms with Crippen LogP contribution < -0.4 is 5.32 Å². The zero-order valence-electron chi connectivity index (χ0n) is 10.3. The Bertz CT molecular complexity index is 520. The van der Waals surface area contributed by atoms with Crippen molar-refractivity contribution in [3.63, 3.8) is 0 Å². The summed E-state index contributed by atoms with van der Waals surface area (Å²) in [5, 5.41) is 3.06. The van der Waals surface area contributed by atoms with E-state index in [0.717, 1.165) is 24.6 Å². The molecule has 1 aromatic heterocycles. The van der Waals surface area contributed by atoms with Crippen LogP contribution in [0, 0.1) is 11.6 Å². The Morgan fingerprint density at radius 3 is 2.72 bits per heavy atom. The van der Waals surface area contributed by atoms with Gasteiger partial charge in [-0.15, -0.1) is 0 Å². The highest BCUT2D eigenvalue weighted by molar-refractivity contribution is 5.44. The van der Waals surface area contributed by atoms with Gasteiger partial charge in [0.25, 0.3) is 0 Å². The number of rotatable bonds is 5. The highest BCUT2D eigenvalue weighted by Crippen LogP contribution is 2.14. The summed E-state index contributed by atoms with van der Waals surface area (Å²) in [4.78, 5) is 0. The molecule has 0 aliphatic rings. The summed E-state index contributed by atoms with van der Waals surface area (Å²) in [6.07, 6.45) is 5.16. The van der Waals surface area contributed by atoms with Crippen LogP contribution in [0.1, 0.15) is 18.9 Å². The van der Waals surface area contributed by atoms with Crippen LogP contribution in [0.4, 0.5) is 14.5 Å². The summed E-state index contributed by atoms with van der Waals surface area (Å²) < 4.78 is 27.8. The molecule has 0 atom stereocenters. The van der Waals surface area contributed by atoms with E-state index in [-0.39, 0.29) is 0 Å². The van der Waals surface area contributed by atoms with Crippen molar-refractivity contribution in [1.82, 2.24) is 4.57 Å². The monoisotopic (exact) mass is 250 g/mol. The Balaban J connectivity index is 1.95. The molecule has 18 heavy (non-hydrogen) atoms. The second-order valence-corrected chi connectivity index (χ2v) is 4.24. The minimum Gasteiger partial charge on any atom is -0.381 e. The molecule has 1 aromatic carbocycles. The number of anilines is 1. The van der Waals surface area contributed by atoms with E-state index < -0.39 is 11.6 Å². The van der Waals surface area contributed by atoms with Crippen LogP contribution in [-0.4, -0.2) is 4.57 Å². The van der Waals surface area contributed by atoms with Crippen molar-refractivity contribution in [2.24, 2.45) is 0 Å². The van der Waals surface area contributed by atoms with Gasteiger partial charge in [-0.3, -0.25) is 0 Å². The molecule has 0 aliphatic carbocycles. The molecule has 0 saturated heterocycles. The fourth-order valence-electron chi connectivity index (χ4n) is 1.80. The maximum atomic E-state index is 13.0. The molecule has 0 fully saturated rings. The lowest BCUT2D eigenvalue weighted by Crippen LogP contribution is -1.99. The van der Waals surface area contributed by atoms with Crippen molar-refractivity contribution in [2.45, 2.75) is 26.4 Å². The first kappa shape index (κ1) is 12.6. The Hall–Kier alpha value is -1.84. The maximum Gasteiger partial charge on any atom is 0.160 e. The van der Waals surface area contributed by atoms with E-state index in [0.29, 0.717) is 12.2 Å². The van der Waals surface area contributed by atoms with E-state index in [4.69, 9.17) is 0 Å². The average Bonchev–Trinajstić information content (AvgIpc) is 2.79. The second kappa shape index (κ2) is 5.67. The van der Waals surface area contributed by atoms with Crippen molar-refractivity contribution >= 4 is 5.69 Å². The van der Waals surface area contributed by atoms with Gasteiger partial charge in [-0.2, -0.15) is 0 Å². The number of aromatic nitrogens is 1. The molecular formula is C14H16F2N2. The number of hydrogen-bond donors (Lipinski definition) is 1. The summed E-state index contributed by atoms with van der Waals surface area (Å²) in [6, 6.07) is 5.84. The van der Waals surface area contributed by atoms with Crippen LogP contribution in [0.15, 0.2) is 36.7 Å². The minimum absolute atomic E-state index is 0.581. The van der Waals surface area contributed by atoms with Crippen LogP contribution >= 0.6 is 0 Å². The van der Waals surface area contributed by atoms with E-state index in [9.17, 15) is 8.78 Å². The third-order valence-electron chi connectivity index (χ3n) is 2.71. The summed E-state index contributed by atoms with van der Waals surface area (Å²) >= 11 is 0. The predicted molar refractivity (Wildman–Crippen MR) is 68.4 cm³/mol. The molecule has 0 unspecified atom stereocenters. The molecule has 2 rings (SSSR count). The number of aryl methyl sites for hydroxylation is 1. The van der Waals surface area contributed by atoms with Crippen molar-refractivity contribution < 1.29 is 8.78 Å². The van der Waals surface area contributed by atoms with Crippen LogP contribution in [0.5, 0.6) is 0 Å². The summed E-state index contributed by atoms with van der Waals surface area (Å²) in [5.41, 5.74) is 1.70. The molecule has 2 aromatic rings. The maximum absolute atomic E-state index is 13.0. The standard InChI is InChI=1S/C14H16F2N2/c1-2-6-18-7-5-11(10-18)9-17-12-3-4-13(15)14(16)8-12/h3-5,7-8,10,17H,2,6,9H2,1H3. The molecule has 0 spiro atoms. The van der Waals surface area contributed by atoms with Gasteiger partial charge in [-0.1, -0.05) is 6.92 Å². The first-order valence-corrected chi connectivity index (χ1v) is 6.02. The Morgan fingerprint density at radius 1 is 1.17 bits per heavy atom. The van der Waals surface area contributed by atoms with Crippen LogP contribution in [0.2, 0.25) is 0 Å². The molecule has 0 radical (unpaired) electrons. The largest absolute Gasteiger partial charge is 0.381 e. The normalized spacial score (nSPS) is 10.6. The highest BCUT2D eigenvalue weighted by Gasteiger charge is 2.02. The number of nitrogens with zero attached hydrogens (tertiary/aromatic N) is 1. The zero-order chi connectivity index (χ0) is 13.0. The number of benzene rings is 1. The van der Waals surface area contributed by atoms with Gasteiger partial charge in [-0.05, 0) is 30.2 Å². The Kier molecular flexibility index (Phi) is 3.97. The molecule has 1 N–H and O–H groups in total. The third-order valence-corrected chi connectivity index (χ3v) is 2.71. The molecule has 0 bridgehead atoms. The average molecular weight is 250 g/mol. The van der Waals surface area contributed by atoms with Crippen LogP contribution in [0.25, 0.3) is 0 Å². The van der Waals surface area contributed by atoms with Gasteiger partial charge in [-0.25, -0.2) is 8.78 Å². The summed E-state index contributed by atoms with van der Waals surface area (Å²) in [7, 11) is 0. The number of halogens is 2. The van der Waals surface area contributed by atoms with Gasteiger partial charge in [0, 0.05) is 37.2 Å². The first-order valence-electron chi connectivity index (χ1n) is 6.02. The smallest absolute Gasteiger partial charge is 0.160 e. The summed E-state index contributed by atoms with van der Waals surface area (Å²) in [5.74, 6) is -1.65. The number of hydrogen-bond acceptors (Lipinski definition) is 1. The van der Waals surface area contributed by atoms with E-state index in [1.807, 2.05) is 12.3 Å². The number of nitrogens with one attached hydrogen (secondary N) is 1. The van der Waals surface area contributed by atoms with Crippen LogP contribution in [-0.2, 0) is 13.1 Å². The van der Waals surface area contributed by atoms with E-state index >= 15 is 0 Å². The highest BCUT2D eigenvalue weighted by atomic mass is 19.2. The van der Waals surface area contributed by atoms with Gasteiger partial charge in [0.1, 0.15) is 0 Å². The fraction of sp³-hybridized carbons (Fsp3) is 0.286. The Labute approximate surface area is 105 Å².